The normalized spacial score (nSPS) is 25.4. The molecule has 6 heteroatoms. The third-order valence-corrected chi connectivity index (χ3v) is 5.91. The number of H-pyrrole nitrogens is 2. The lowest BCUT2D eigenvalue weighted by Crippen LogP contribution is -2.17. The minimum absolute atomic E-state index is 0.480. The summed E-state index contributed by atoms with van der Waals surface area (Å²) in [6.07, 6.45) is 5.27. The first-order valence-corrected chi connectivity index (χ1v) is 8.98. The van der Waals surface area contributed by atoms with Gasteiger partial charge in [0.25, 0.3) is 0 Å². The Morgan fingerprint density at radius 2 is 1.92 bits per heavy atom. The van der Waals surface area contributed by atoms with Crippen LogP contribution >= 0.6 is 12.2 Å². The standard InChI is InChI=1S/C18H19N5S/c24-18-22-21-17(23(18)16-9-11-6-7-13(16)8-11)15-10-14(19-20-15)12-4-2-1-3-5-12/h1-5,10-11,13,16H,6-9H2,(H,19,20)(H,22,24)/t11-,13-,16-/m0/s1. The number of benzene rings is 1. The van der Waals surface area contributed by atoms with Crippen LogP contribution in [0.4, 0.5) is 0 Å². The van der Waals surface area contributed by atoms with Crippen LogP contribution in [-0.2, 0) is 0 Å². The number of aromatic amines is 2. The van der Waals surface area contributed by atoms with Crippen molar-refractivity contribution in [3.63, 3.8) is 0 Å². The molecule has 2 saturated carbocycles. The molecule has 2 heterocycles. The van der Waals surface area contributed by atoms with Crippen molar-refractivity contribution in [2.45, 2.75) is 31.7 Å². The molecular formula is C18H19N5S. The lowest BCUT2D eigenvalue weighted by atomic mass is 9.95. The summed E-state index contributed by atoms with van der Waals surface area (Å²) in [4.78, 5) is 0. The van der Waals surface area contributed by atoms with E-state index in [-0.39, 0.29) is 0 Å². The molecule has 0 amide bonds. The van der Waals surface area contributed by atoms with E-state index in [1.165, 1.54) is 25.7 Å². The van der Waals surface area contributed by atoms with E-state index < -0.39 is 0 Å². The van der Waals surface area contributed by atoms with E-state index in [4.69, 9.17) is 12.2 Å². The summed E-state index contributed by atoms with van der Waals surface area (Å²) >= 11 is 5.54. The van der Waals surface area contributed by atoms with Gasteiger partial charge in [0.15, 0.2) is 10.6 Å². The monoisotopic (exact) mass is 337 g/mol. The highest BCUT2D eigenvalue weighted by atomic mass is 32.1. The van der Waals surface area contributed by atoms with E-state index in [1.54, 1.807) is 0 Å². The SMILES string of the molecule is S=c1[nH]nc(-c2cc(-c3ccccc3)n[nH]2)n1[C@H]1C[C@H]2CC[C@H]1C2. The topological polar surface area (TPSA) is 62.3 Å². The molecule has 0 saturated heterocycles. The summed E-state index contributed by atoms with van der Waals surface area (Å²) < 4.78 is 2.94. The van der Waals surface area contributed by atoms with E-state index in [0.29, 0.717) is 6.04 Å². The molecule has 2 aromatic heterocycles. The number of hydrogen-bond donors (Lipinski definition) is 2. The zero-order valence-electron chi connectivity index (χ0n) is 13.3. The van der Waals surface area contributed by atoms with Gasteiger partial charge in [-0.3, -0.25) is 14.8 Å². The van der Waals surface area contributed by atoms with Crippen molar-refractivity contribution in [1.29, 1.82) is 0 Å². The predicted octanol–water partition coefficient (Wildman–Crippen LogP) is 4.36. The maximum atomic E-state index is 5.54. The van der Waals surface area contributed by atoms with Crippen LogP contribution in [0.2, 0.25) is 0 Å². The highest BCUT2D eigenvalue weighted by molar-refractivity contribution is 7.71. The number of nitrogens with one attached hydrogen (secondary N) is 2. The molecular weight excluding hydrogens is 318 g/mol. The molecule has 5 nitrogen and oxygen atoms in total. The van der Waals surface area contributed by atoms with Crippen LogP contribution in [0, 0.1) is 16.6 Å². The van der Waals surface area contributed by atoms with Gasteiger partial charge in [0.05, 0.1) is 5.69 Å². The molecule has 2 N–H and O–H groups in total. The molecule has 0 aliphatic heterocycles. The molecule has 0 unspecified atom stereocenters. The first-order valence-electron chi connectivity index (χ1n) is 8.57. The fourth-order valence-corrected chi connectivity index (χ4v) is 4.79. The molecule has 1 aromatic carbocycles. The Labute approximate surface area is 145 Å². The molecule has 0 spiro atoms. The van der Waals surface area contributed by atoms with Crippen molar-refractivity contribution in [2.24, 2.45) is 11.8 Å². The highest BCUT2D eigenvalue weighted by Gasteiger charge is 2.41. The smallest absolute Gasteiger partial charge is 0.195 e. The molecule has 3 atom stereocenters. The Balaban J connectivity index is 1.54. The van der Waals surface area contributed by atoms with Crippen LogP contribution in [0.15, 0.2) is 36.4 Å². The number of nitrogens with zero attached hydrogens (tertiary/aromatic N) is 3. The molecule has 2 aliphatic carbocycles. The van der Waals surface area contributed by atoms with Crippen molar-refractivity contribution in [3.05, 3.63) is 41.2 Å². The lowest BCUT2D eigenvalue weighted by Gasteiger charge is -2.23. The van der Waals surface area contributed by atoms with Gasteiger partial charge in [0.2, 0.25) is 0 Å². The third-order valence-electron chi connectivity index (χ3n) is 5.63. The zero-order valence-corrected chi connectivity index (χ0v) is 14.1. The Kier molecular flexibility index (Phi) is 3.19. The summed E-state index contributed by atoms with van der Waals surface area (Å²) in [6, 6.07) is 12.7. The van der Waals surface area contributed by atoms with Crippen LogP contribution in [0.25, 0.3) is 22.8 Å². The predicted molar refractivity (Wildman–Crippen MR) is 94.9 cm³/mol. The van der Waals surface area contributed by atoms with Gasteiger partial charge in [-0.2, -0.15) is 10.2 Å². The Morgan fingerprint density at radius 3 is 2.67 bits per heavy atom. The summed E-state index contributed by atoms with van der Waals surface area (Å²) in [5, 5.41) is 15.1. The van der Waals surface area contributed by atoms with Crippen LogP contribution < -0.4 is 0 Å². The van der Waals surface area contributed by atoms with E-state index >= 15 is 0 Å². The summed E-state index contributed by atoms with van der Waals surface area (Å²) in [6.45, 7) is 0. The average molecular weight is 337 g/mol. The second kappa shape index (κ2) is 5.41. The van der Waals surface area contributed by atoms with Gasteiger partial charge in [-0.25, -0.2) is 0 Å². The Hall–Kier alpha value is -2.21. The molecule has 24 heavy (non-hydrogen) atoms. The molecule has 2 aliphatic rings. The van der Waals surface area contributed by atoms with Crippen LogP contribution in [0.1, 0.15) is 31.7 Å². The molecule has 2 fully saturated rings. The van der Waals surface area contributed by atoms with E-state index in [1.807, 2.05) is 18.2 Å². The van der Waals surface area contributed by atoms with Gasteiger partial charge in [-0.15, -0.1) is 0 Å². The molecule has 122 valence electrons. The summed E-state index contributed by atoms with van der Waals surface area (Å²) in [5.41, 5.74) is 2.95. The van der Waals surface area contributed by atoms with Crippen LogP contribution in [0.3, 0.4) is 0 Å². The van der Waals surface area contributed by atoms with Gasteiger partial charge in [-0.05, 0) is 49.4 Å². The number of aromatic nitrogens is 5. The van der Waals surface area contributed by atoms with Crippen molar-refractivity contribution >= 4 is 12.2 Å². The summed E-state index contributed by atoms with van der Waals surface area (Å²) in [5.74, 6) is 2.49. The Morgan fingerprint density at radius 1 is 1.04 bits per heavy atom. The third kappa shape index (κ3) is 2.17. The molecule has 5 rings (SSSR count). The van der Waals surface area contributed by atoms with Crippen molar-refractivity contribution in [1.82, 2.24) is 25.0 Å². The van der Waals surface area contributed by atoms with E-state index in [0.717, 1.165) is 39.4 Å². The minimum Gasteiger partial charge on any atom is -0.295 e. The van der Waals surface area contributed by atoms with Gasteiger partial charge in [0.1, 0.15) is 5.69 Å². The largest absolute Gasteiger partial charge is 0.295 e. The van der Waals surface area contributed by atoms with Crippen molar-refractivity contribution in [2.75, 3.05) is 0 Å². The zero-order chi connectivity index (χ0) is 16.1. The first kappa shape index (κ1) is 14.2. The average Bonchev–Trinajstić information content (AvgIpc) is 3.38. The van der Waals surface area contributed by atoms with Crippen LogP contribution in [-0.4, -0.2) is 25.0 Å². The van der Waals surface area contributed by atoms with Gasteiger partial charge >= 0.3 is 0 Å². The maximum Gasteiger partial charge on any atom is 0.195 e. The second-order valence-electron chi connectivity index (χ2n) is 7.00. The molecule has 0 radical (unpaired) electrons. The van der Waals surface area contributed by atoms with Crippen LogP contribution in [0.5, 0.6) is 0 Å². The van der Waals surface area contributed by atoms with Gasteiger partial charge in [-0.1, -0.05) is 36.8 Å². The quantitative estimate of drug-likeness (QED) is 0.698. The second-order valence-corrected chi connectivity index (χ2v) is 7.38. The van der Waals surface area contributed by atoms with E-state index in [2.05, 4.69) is 43.2 Å². The van der Waals surface area contributed by atoms with Crippen molar-refractivity contribution in [3.8, 4) is 22.8 Å². The minimum atomic E-state index is 0.480. The first-order chi connectivity index (χ1) is 11.8. The maximum absolute atomic E-state index is 5.54. The van der Waals surface area contributed by atoms with Crippen molar-refractivity contribution < 1.29 is 0 Å². The molecule has 3 aromatic rings. The number of hydrogen-bond acceptors (Lipinski definition) is 3. The fraction of sp³-hybridized carbons (Fsp3) is 0.389. The van der Waals surface area contributed by atoms with Gasteiger partial charge < -0.3 is 0 Å². The highest BCUT2D eigenvalue weighted by Crippen LogP contribution is 2.51. The Bertz CT molecular complexity index is 922. The summed E-state index contributed by atoms with van der Waals surface area (Å²) in [7, 11) is 0. The number of rotatable bonds is 3. The fourth-order valence-electron chi connectivity index (χ4n) is 4.52. The van der Waals surface area contributed by atoms with E-state index in [9.17, 15) is 0 Å². The number of fused-ring (bicyclic) bond motifs is 2. The van der Waals surface area contributed by atoms with Gasteiger partial charge in [0, 0.05) is 11.6 Å². The molecule has 2 bridgehead atoms. The lowest BCUT2D eigenvalue weighted by molar-refractivity contribution is 0.329.